The molecule has 10 heteroatoms. The number of fused-ring (bicyclic) bond motifs is 1. The quantitative estimate of drug-likeness (QED) is 0.311. The van der Waals surface area contributed by atoms with Crippen LogP contribution in [0.1, 0.15) is 55.2 Å². The molecule has 0 bridgehead atoms. The molecule has 1 unspecified atom stereocenters. The highest BCUT2D eigenvalue weighted by Gasteiger charge is 2.28. The summed E-state index contributed by atoms with van der Waals surface area (Å²) in [6.45, 7) is 1.82. The van der Waals surface area contributed by atoms with Crippen molar-refractivity contribution >= 4 is 28.3 Å². The zero-order valence-electron chi connectivity index (χ0n) is 19.0. The van der Waals surface area contributed by atoms with Crippen LogP contribution in [0.2, 0.25) is 0 Å². The Labute approximate surface area is 200 Å². The maximum atomic E-state index is 14.5. The van der Waals surface area contributed by atoms with Crippen LogP contribution in [0.4, 0.5) is 16.0 Å². The van der Waals surface area contributed by atoms with Gasteiger partial charge in [-0.15, -0.1) is 0 Å². The lowest BCUT2D eigenvalue weighted by atomic mass is 9.92. The summed E-state index contributed by atoms with van der Waals surface area (Å²) in [4.78, 5) is 26.4. The van der Waals surface area contributed by atoms with Crippen LogP contribution in [0.15, 0.2) is 53.6 Å². The predicted molar refractivity (Wildman–Crippen MR) is 131 cm³/mol. The van der Waals surface area contributed by atoms with E-state index in [2.05, 4.69) is 20.3 Å². The van der Waals surface area contributed by atoms with Crippen molar-refractivity contribution in [2.45, 2.75) is 38.3 Å². The Morgan fingerprint density at radius 1 is 1.26 bits per heavy atom. The van der Waals surface area contributed by atoms with Gasteiger partial charge in [-0.25, -0.2) is 19.3 Å². The highest BCUT2D eigenvalue weighted by Crippen LogP contribution is 2.34. The molecule has 178 valence electrons. The Morgan fingerprint density at radius 3 is 2.74 bits per heavy atom. The summed E-state index contributed by atoms with van der Waals surface area (Å²) in [5.74, 6) is 0.248. The summed E-state index contributed by atoms with van der Waals surface area (Å²) in [5, 5.41) is 21.7. The largest absolute Gasteiger partial charge is 0.508 e. The van der Waals surface area contributed by atoms with Crippen LogP contribution < -0.4 is 16.6 Å². The van der Waals surface area contributed by atoms with Gasteiger partial charge in [0.25, 0.3) is 5.56 Å². The molecule has 2 aromatic heterocycles. The minimum absolute atomic E-state index is 0.0164. The molecule has 0 spiro atoms. The number of aromatic hydroxyl groups is 1. The molecule has 1 atom stereocenters. The second-order valence-electron chi connectivity index (χ2n) is 8.64. The smallest absolute Gasteiger partial charge is 0.264 e. The fourth-order valence-electron chi connectivity index (χ4n) is 4.35. The predicted octanol–water partition coefficient (Wildman–Crippen LogP) is 3.93. The molecule has 35 heavy (non-hydrogen) atoms. The van der Waals surface area contributed by atoms with Crippen molar-refractivity contribution in [2.24, 2.45) is 0 Å². The van der Waals surface area contributed by atoms with Gasteiger partial charge in [0, 0.05) is 11.6 Å². The van der Waals surface area contributed by atoms with E-state index in [1.807, 2.05) is 6.92 Å². The van der Waals surface area contributed by atoms with Gasteiger partial charge in [0.05, 0.1) is 22.8 Å². The minimum atomic E-state index is -0.592. The third-order valence-corrected chi connectivity index (χ3v) is 6.35. The van der Waals surface area contributed by atoms with E-state index in [9.17, 15) is 14.3 Å². The van der Waals surface area contributed by atoms with E-state index >= 15 is 0 Å². The molecule has 2 aromatic carbocycles. The highest BCUT2D eigenvalue weighted by molar-refractivity contribution is 6.16. The van der Waals surface area contributed by atoms with Crippen molar-refractivity contribution in [2.75, 3.05) is 11.1 Å². The Balaban J connectivity index is 1.59. The first kappa shape index (κ1) is 22.5. The molecule has 1 saturated carbocycles. The maximum absolute atomic E-state index is 14.5. The number of anilines is 2. The molecule has 0 saturated heterocycles. The summed E-state index contributed by atoms with van der Waals surface area (Å²) < 4.78 is 16.1. The first-order chi connectivity index (χ1) is 16.8. The maximum Gasteiger partial charge on any atom is 0.264 e. The van der Waals surface area contributed by atoms with Gasteiger partial charge < -0.3 is 16.2 Å². The third-order valence-electron chi connectivity index (χ3n) is 6.35. The van der Waals surface area contributed by atoms with Crippen molar-refractivity contribution in [3.63, 3.8) is 0 Å². The van der Waals surface area contributed by atoms with E-state index in [1.165, 1.54) is 30.6 Å². The van der Waals surface area contributed by atoms with E-state index in [-0.39, 0.29) is 45.6 Å². The van der Waals surface area contributed by atoms with Gasteiger partial charge in [-0.2, -0.15) is 0 Å². The van der Waals surface area contributed by atoms with Gasteiger partial charge >= 0.3 is 0 Å². The Kier molecular flexibility index (Phi) is 5.64. The van der Waals surface area contributed by atoms with E-state index in [0.717, 1.165) is 19.3 Å². The normalized spacial score (nSPS) is 14.5. The van der Waals surface area contributed by atoms with E-state index in [0.29, 0.717) is 11.4 Å². The van der Waals surface area contributed by atoms with Crippen LogP contribution in [-0.2, 0) is 0 Å². The molecule has 9 nitrogen and oxygen atoms in total. The fraction of sp³-hybridized carbons (Fsp3) is 0.240. The van der Waals surface area contributed by atoms with E-state index < -0.39 is 17.4 Å². The van der Waals surface area contributed by atoms with Crippen LogP contribution in [-0.4, -0.2) is 30.3 Å². The molecule has 0 aliphatic heterocycles. The molecule has 0 amide bonds. The lowest BCUT2D eigenvalue weighted by Crippen LogP contribution is -2.35. The second kappa shape index (κ2) is 8.79. The number of nitrogens with zero attached hydrogens (tertiary/aromatic N) is 4. The summed E-state index contributed by atoms with van der Waals surface area (Å²) in [7, 11) is 0. The minimum Gasteiger partial charge on any atom is -0.508 e. The van der Waals surface area contributed by atoms with Gasteiger partial charge in [-0.1, -0.05) is 18.2 Å². The van der Waals surface area contributed by atoms with Crippen LogP contribution in [0.3, 0.4) is 0 Å². The molecule has 1 aliphatic rings. The highest BCUT2D eigenvalue weighted by atomic mass is 19.1. The molecule has 1 fully saturated rings. The fourth-order valence-corrected chi connectivity index (χ4v) is 4.35. The van der Waals surface area contributed by atoms with Crippen molar-refractivity contribution < 1.29 is 9.50 Å². The number of phenols is 1. The first-order valence-corrected chi connectivity index (χ1v) is 11.3. The number of phenolic OH excluding ortho intramolecular Hbond substituents is 1. The van der Waals surface area contributed by atoms with Crippen LogP contribution in [0.25, 0.3) is 10.9 Å². The van der Waals surface area contributed by atoms with Gasteiger partial charge in [0.2, 0.25) is 0 Å². The summed E-state index contributed by atoms with van der Waals surface area (Å²) in [6.07, 6.45) is 3.90. The summed E-state index contributed by atoms with van der Waals surface area (Å²) in [6, 6.07) is 10.1. The Bertz CT molecular complexity index is 1510. The van der Waals surface area contributed by atoms with Crippen LogP contribution >= 0.6 is 0 Å². The van der Waals surface area contributed by atoms with Gasteiger partial charge in [0.15, 0.2) is 0 Å². The van der Waals surface area contributed by atoms with Gasteiger partial charge in [-0.05, 0) is 50.5 Å². The molecular formula is C25H24FN7O2. The van der Waals surface area contributed by atoms with E-state index in [1.54, 1.807) is 22.8 Å². The van der Waals surface area contributed by atoms with Crippen molar-refractivity contribution in [1.29, 1.82) is 5.41 Å². The SMILES string of the molecule is CC(Nc1ncnc(N)c1C(=N)c1cccc(O)c1)c1nc2cccc(F)c2c(=O)n1C1CCC1. The molecule has 4 aromatic rings. The van der Waals surface area contributed by atoms with Crippen molar-refractivity contribution in [3.8, 4) is 5.75 Å². The molecule has 5 rings (SSSR count). The van der Waals surface area contributed by atoms with Gasteiger partial charge in [0.1, 0.15) is 40.7 Å². The van der Waals surface area contributed by atoms with E-state index in [4.69, 9.17) is 11.1 Å². The average molecular weight is 474 g/mol. The molecule has 1 aliphatic carbocycles. The van der Waals surface area contributed by atoms with Gasteiger partial charge in [-0.3, -0.25) is 14.8 Å². The van der Waals surface area contributed by atoms with Crippen molar-refractivity contribution in [3.05, 3.63) is 81.9 Å². The first-order valence-electron chi connectivity index (χ1n) is 11.3. The van der Waals surface area contributed by atoms with Crippen molar-refractivity contribution in [1.82, 2.24) is 19.5 Å². The number of nitrogens with one attached hydrogen (secondary N) is 2. The lowest BCUT2D eigenvalue weighted by Gasteiger charge is -2.31. The zero-order valence-corrected chi connectivity index (χ0v) is 19.0. The third kappa shape index (κ3) is 3.96. The summed E-state index contributed by atoms with van der Waals surface area (Å²) in [5.41, 5.74) is 6.73. The summed E-state index contributed by atoms with van der Waals surface area (Å²) >= 11 is 0. The lowest BCUT2D eigenvalue weighted by molar-refractivity contribution is 0.294. The topological polar surface area (TPSA) is 143 Å². The standard InChI is InChI=1S/C25H24FN7O2/c1-13(24-32-18-10-4-9-17(26)19(18)25(35)33(24)15-6-3-7-15)31-23-20(22(28)29-12-30-23)21(27)14-5-2-8-16(34)11-14/h2,4-5,8-13,15,27,34H,3,6-7H2,1H3,(H3,28,29,30,31). The number of aromatic nitrogens is 4. The number of nitrogens with two attached hydrogens (primary N) is 1. The number of hydrogen-bond acceptors (Lipinski definition) is 8. The number of benzene rings is 2. The monoisotopic (exact) mass is 473 g/mol. The van der Waals surface area contributed by atoms with Crippen LogP contribution in [0, 0.1) is 11.2 Å². The zero-order chi connectivity index (χ0) is 24.7. The number of rotatable bonds is 6. The molecule has 2 heterocycles. The van der Waals surface area contributed by atoms with Crippen LogP contribution in [0.5, 0.6) is 5.75 Å². The Hall–Kier alpha value is -4.34. The number of hydrogen-bond donors (Lipinski definition) is 4. The average Bonchev–Trinajstić information content (AvgIpc) is 2.79. The molecule has 5 N–H and O–H groups in total. The molecule has 0 radical (unpaired) electrons. The molecular weight excluding hydrogens is 449 g/mol. The number of halogens is 1. The number of nitrogen functional groups attached to an aromatic ring is 1. The second-order valence-corrected chi connectivity index (χ2v) is 8.64. The Morgan fingerprint density at radius 2 is 2.03 bits per heavy atom.